The monoisotopic (exact) mass is 237 g/mol. The molecule has 0 N–H and O–H groups in total. The minimum absolute atomic E-state index is 0.931. The van der Waals surface area contributed by atoms with Gasteiger partial charge in [-0.15, -0.1) is 0 Å². The number of rotatable bonds is 0. The smallest absolute Gasteiger partial charge is 0.169 e. The van der Waals surface area contributed by atoms with Crippen LogP contribution in [0.4, 0.5) is 0 Å². The Bertz CT molecular complexity index is 475. The molecular formula is C9H8BrN3. The van der Waals surface area contributed by atoms with Crippen molar-refractivity contribution < 1.29 is 0 Å². The van der Waals surface area contributed by atoms with Crippen LogP contribution >= 0.6 is 15.9 Å². The van der Waals surface area contributed by atoms with Gasteiger partial charge in [-0.25, -0.2) is 9.50 Å². The van der Waals surface area contributed by atoms with Gasteiger partial charge in [0, 0.05) is 11.9 Å². The molecular weight excluding hydrogens is 230 g/mol. The highest BCUT2D eigenvalue weighted by Gasteiger charge is 2.14. The lowest BCUT2D eigenvalue weighted by Gasteiger charge is -1.99. The van der Waals surface area contributed by atoms with Crippen molar-refractivity contribution in [2.45, 2.75) is 19.3 Å². The lowest BCUT2D eigenvalue weighted by Crippen LogP contribution is -1.95. The van der Waals surface area contributed by atoms with E-state index in [9.17, 15) is 0 Å². The van der Waals surface area contributed by atoms with Gasteiger partial charge in [-0.3, -0.25) is 0 Å². The van der Waals surface area contributed by atoms with E-state index in [-0.39, 0.29) is 0 Å². The molecule has 0 saturated carbocycles. The standard InChI is InChI=1S/C9H8BrN3/c10-7-4-11-13-5-6-2-1-3-8(6)12-9(7)13/h4-5H,1-3H2. The molecule has 2 aromatic heterocycles. The molecule has 3 rings (SSSR count). The topological polar surface area (TPSA) is 30.2 Å². The summed E-state index contributed by atoms with van der Waals surface area (Å²) in [4.78, 5) is 4.57. The molecule has 2 heterocycles. The van der Waals surface area contributed by atoms with Crippen LogP contribution in [0.2, 0.25) is 0 Å². The Balaban J connectivity index is 2.38. The first-order valence-electron chi connectivity index (χ1n) is 4.36. The number of aryl methyl sites for hydroxylation is 2. The molecule has 0 atom stereocenters. The Hall–Kier alpha value is -0.900. The number of aromatic nitrogens is 3. The van der Waals surface area contributed by atoms with Gasteiger partial charge >= 0.3 is 0 Å². The van der Waals surface area contributed by atoms with Crippen molar-refractivity contribution in [1.82, 2.24) is 14.6 Å². The summed E-state index contributed by atoms with van der Waals surface area (Å²) in [5.74, 6) is 0. The first-order valence-corrected chi connectivity index (χ1v) is 5.15. The first kappa shape index (κ1) is 7.50. The molecule has 1 aliphatic rings. The Morgan fingerprint density at radius 2 is 2.31 bits per heavy atom. The molecule has 3 nitrogen and oxygen atoms in total. The van der Waals surface area contributed by atoms with E-state index in [0.717, 1.165) is 23.0 Å². The van der Waals surface area contributed by atoms with Crippen LogP contribution in [0.1, 0.15) is 17.7 Å². The molecule has 0 fully saturated rings. The largest absolute Gasteiger partial charge is 0.232 e. The summed E-state index contributed by atoms with van der Waals surface area (Å²) in [6.45, 7) is 0. The van der Waals surface area contributed by atoms with Gasteiger partial charge < -0.3 is 0 Å². The van der Waals surface area contributed by atoms with Crippen LogP contribution in [-0.4, -0.2) is 14.6 Å². The summed E-state index contributed by atoms with van der Waals surface area (Å²) >= 11 is 3.43. The van der Waals surface area contributed by atoms with Crippen LogP contribution in [0.15, 0.2) is 16.9 Å². The number of hydrogen-bond donors (Lipinski definition) is 0. The van der Waals surface area contributed by atoms with Gasteiger partial charge in [-0.05, 0) is 40.8 Å². The quantitative estimate of drug-likeness (QED) is 0.702. The second-order valence-corrected chi connectivity index (χ2v) is 4.18. The summed E-state index contributed by atoms with van der Waals surface area (Å²) in [6.07, 6.45) is 7.37. The fraction of sp³-hybridized carbons (Fsp3) is 0.333. The van der Waals surface area contributed by atoms with E-state index in [1.165, 1.54) is 17.7 Å². The molecule has 13 heavy (non-hydrogen) atoms. The maximum atomic E-state index is 4.57. The van der Waals surface area contributed by atoms with E-state index in [2.05, 4.69) is 32.2 Å². The minimum atomic E-state index is 0.931. The number of fused-ring (bicyclic) bond motifs is 2. The van der Waals surface area contributed by atoms with Crippen LogP contribution in [0.25, 0.3) is 5.65 Å². The molecule has 1 aliphatic carbocycles. The first-order chi connectivity index (χ1) is 6.34. The van der Waals surface area contributed by atoms with Gasteiger partial charge in [0.25, 0.3) is 0 Å². The highest BCUT2D eigenvalue weighted by atomic mass is 79.9. The Labute approximate surface area is 83.9 Å². The van der Waals surface area contributed by atoms with Crippen LogP contribution < -0.4 is 0 Å². The normalized spacial score (nSPS) is 15.2. The average molecular weight is 238 g/mol. The minimum Gasteiger partial charge on any atom is -0.232 e. The number of nitrogens with zero attached hydrogens (tertiary/aromatic N) is 3. The summed E-state index contributed by atoms with van der Waals surface area (Å²) < 4.78 is 2.82. The van der Waals surface area contributed by atoms with Crippen molar-refractivity contribution in [1.29, 1.82) is 0 Å². The molecule has 0 saturated heterocycles. The van der Waals surface area contributed by atoms with E-state index < -0.39 is 0 Å². The molecule has 0 bridgehead atoms. The van der Waals surface area contributed by atoms with E-state index in [0.29, 0.717) is 0 Å². The third-order valence-corrected chi connectivity index (χ3v) is 3.03. The maximum Gasteiger partial charge on any atom is 0.169 e. The van der Waals surface area contributed by atoms with E-state index in [1.807, 2.05) is 4.52 Å². The fourth-order valence-corrected chi connectivity index (χ4v) is 2.19. The van der Waals surface area contributed by atoms with Crippen LogP contribution in [0, 0.1) is 0 Å². The van der Waals surface area contributed by atoms with Crippen LogP contribution in [0.3, 0.4) is 0 Å². The molecule has 0 aromatic carbocycles. The molecule has 0 unspecified atom stereocenters. The molecule has 0 radical (unpaired) electrons. The third kappa shape index (κ3) is 1.01. The Morgan fingerprint density at radius 1 is 1.38 bits per heavy atom. The lowest BCUT2D eigenvalue weighted by molar-refractivity contribution is 0.900. The molecule has 0 spiro atoms. The number of hydrogen-bond acceptors (Lipinski definition) is 2. The zero-order chi connectivity index (χ0) is 8.84. The summed E-state index contributed by atoms with van der Waals surface area (Å²) in [5.41, 5.74) is 3.53. The van der Waals surface area contributed by atoms with E-state index in [4.69, 9.17) is 0 Å². The second-order valence-electron chi connectivity index (χ2n) is 3.33. The van der Waals surface area contributed by atoms with Gasteiger partial charge in [0.1, 0.15) is 0 Å². The van der Waals surface area contributed by atoms with Crippen LogP contribution in [0.5, 0.6) is 0 Å². The highest BCUT2D eigenvalue weighted by Crippen LogP contribution is 2.23. The molecule has 4 heteroatoms. The Kier molecular flexibility index (Phi) is 1.47. The number of halogens is 1. The zero-order valence-corrected chi connectivity index (χ0v) is 8.58. The van der Waals surface area contributed by atoms with Crippen molar-refractivity contribution in [3.05, 3.63) is 28.1 Å². The van der Waals surface area contributed by atoms with Crippen molar-refractivity contribution in [3.63, 3.8) is 0 Å². The maximum absolute atomic E-state index is 4.57. The van der Waals surface area contributed by atoms with Crippen LogP contribution in [-0.2, 0) is 12.8 Å². The average Bonchev–Trinajstić information content (AvgIpc) is 2.70. The Morgan fingerprint density at radius 3 is 3.23 bits per heavy atom. The summed E-state index contributed by atoms with van der Waals surface area (Å²) in [5, 5.41) is 4.20. The zero-order valence-electron chi connectivity index (χ0n) is 7.00. The van der Waals surface area contributed by atoms with Crippen molar-refractivity contribution in [3.8, 4) is 0 Å². The SMILES string of the molecule is Brc1cnn2cc3c(nc12)CCC3. The highest BCUT2D eigenvalue weighted by molar-refractivity contribution is 9.10. The van der Waals surface area contributed by atoms with Gasteiger partial charge in [0.2, 0.25) is 0 Å². The van der Waals surface area contributed by atoms with Gasteiger partial charge in [-0.2, -0.15) is 5.10 Å². The van der Waals surface area contributed by atoms with Crippen molar-refractivity contribution in [2.24, 2.45) is 0 Å². The molecule has 0 aliphatic heterocycles. The van der Waals surface area contributed by atoms with Crippen molar-refractivity contribution >= 4 is 21.6 Å². The second kappa shape index (κ2) is 2.54. The van der Waals surface area contributed by atoms with Gasteiger partial charge in [0.05, 0.1) is 10.7 Å². The van der Waals surface area contributed by atoms with Gasteiger partial charge in [0.15, 0.2) is 5.65 Å². The molecule has 2 aromatic rings. The molecule has 0 amide bonds. The predicted molar refractivity (Wildman–Crippen MR) is 52.7 cm³/mol. The fourth-order valence-electron chi connectivity index (χ4n) is 1.83. The summed E-state index contributed by atoms with van der Waals surface area (Å²) in [7, 11) is 0. The van der Waals surface area contributed by atoms with E-state index >= 15 is 0 Å². The molecule has 66 valence electrons. The predicted octanol–water partition coefficient (Wildman–Crippen LogP) is 1.98. The lowest BCUT2D eigenvalue weighted by atomic mass is 10.3. The van der Waals surface area contributed by atoms with E-state index in [1.54, 1.807) is 6.20 Å². The van der Waals surface area contributed by atoms with Crippen molar-refractivity contribution in [2.75, 3.05) is 0 Å². The third-order valence-electron chi connectivity index (χ3n) is 2.48. The van der Waals surface area contributed by atoms with Gasteiger partial charge in [-0.1, -0.05) is 0 Å². The summed E-state index contributed by atoms with van der Waals surface area (Å²) in [6, 6.07) is 0.